The van der Waals surface area contributed by atoms with Crippen molar-refractivity contribution in [3.8, 4) is 0 Å². The van der Waals surface area contributed by atoms with Crippen LogP contribution in [-0.2, 0) is 4.79 Å². The van der Waals surface area contributed by atoms with E-state index in [0.717, 1.165) is 25.9 Å². The van der Waals surface area contributed by atoms with Crippen molar-refractivity contribution >= 4 is 5.91 Å². The van der Waals surface area contributed by atoms with Crippen molar-refractivity contribution in [3.63, 3.8) is 0 Å². The standard InChI is InChI=1S/C11H22N2O/c1-11(2,3)9(12)10(14)13-7-5-4-6-8-13/h9H,4-8,12H2,1-3H3/t9-/m1/s1. The fourth-order valence-electron chi connectivity index (χ4n) is 1.68. The second kappa shape index (κ2) is 4.30. The highest BCUT2D eigenvalue weighted by atomic mass is 16.2. The molecule has 0 bridgehead atoms. The zero-order chi connectivity index (χ0) is 10.8. The van der Waals surface area contributed by atoms with Crippen LogP contribution in [0.3, 0.4) is 0 Å². The molecule has 0 aromatic heterocycles. The molecule has 1 aliphatic rings. The van der Waals surface area contributed by atoms with Gasteiger partial charge >= 0.3 is 0 Å². The number of amides is 1. The number of nitrogens with zero attached hydrogens (tertiary/aromatic N) is 1. The van der Waals surface area contributed by atoms with E-state index in [4.69, 9.17) is 5.73 Å². The maximum Gasteiger partial charge on any atom is 0.240 e. The number of piperidine rings is 1. The number of carbonyl (C=O) groups excluding carboxylic acids is 1. The van der Waals surface area contributed by atoms with Crippen LogP contribution in [0.2, 0.25) is 0 Å². The molecule has 1 atom stereocenters. The van der Waals surface area contributed by atoms with E-state index in [-0.39, 0.29) is 17.4 Å². The first-order valence-electron chi connectivity index (χ1n) is 5.47. The van der Waals surface area contributed by atoms with E-state index in [1.165, 1.54) is 6.42 Å². The smallest absolute Gasteiger partial charge is 0.240 e. The lowest BCUT2D eigenvalue weighted by atomic mass is 9.86. The Morgan fingerprint density at radius 2 is 1.71 bits per heavy atom. The van der Waals surface area contributed by atoms with Crippen LogP contribution in [0.25, 0.3) is 0 Å². The van der Waals surface area contributed by atoms with Gasteiger partial charge in [0.2, 0.25) is 5.91 Å². The van der Waals surface area contributed by atoms with Crippen LogP contribution in [0.1, 0.15) is 40.0 Å². The highest BCUT2D eigenvalue weighted by Gasteiger charge is 2.31. The summed E-state index contributed by atoms with van der Waals surface area (Å²) in [5.74, 6) is 0.122. The van der Waals surface area contributed by atoms with Gasteiger partial charge in [-0.15, -0.1) is 0 Å². The molecule has 1 amide bonds. The van der Waals surface area contributed by atoms with Crippen molar-refractivity contribution in [1.82, 2.24) is 4.90 Å². The quantitative estimate of drug-likeness (QED) is 0.691. The third-order valence-electron chi connectivity index (χ3n) is 2.87. The van der Waals surface area contributed by atoms with Crippen molar-refractivity contribution in [2.45, 2.75) is 46.1 Å². The van der Waals surface area contributed by atoms with Gasteiger partial charge in [-0.25, -0.2) is 0 Å². The molecule has 0 aromatic rings. The van der Waals surface area contributed by atoms with Gasteiger partial charge in [-0.05, 0) is 24.7 Å². The molecular formula is C11H22N2O. The first kappa shape index (κ1) is 11.5. The van der Waals surface area contributed by atoms with Gasteiger partial charge in [-0.2, -0.15) is 0 Å². The molecule has 82 valence electrons. The predicted molar refractivity (Wildman–Crippen MR) is 57.9 cm³/mol. The third kappa shape index (κ3) is 2.71. The van der Waals surface area contributed by atoms with Crippen LogP contribution in [0.4, 0.5) is 0 Å². The minimum Gasteiger partial charge on any atom is -0.341 e. The molecule has 1 heterocycles. The van der Waals surface area contributed by atoms with E-state index in [2.05, 4.69) is 0 Å². The average Bonchev–Trinajstić information content (AvgIpc) is 2.15. The predicted octanol–water partition coefficient (Wildman–Crippen LogP) is 1.37. The maximum absolute atomic E-state index is 11.9. The summed E-state index contributed by atoms with van der Waals surface area (Å²) < 4.78 is 0. The zero-order valence-corrected chi connectivity index (χ0v) is 9.55. The van der Waals surface area contributed by atoms with Gasteiger partial charge in [-0.3, -0.25) is 4.79 Å². The Morgan fingerprint density at radius 1 is 1.21 bits per heavy atom. The van der Waals surface area contributed by atoms with Crippen LogP contribution < -0.4 is 5.73 Å². The van der Waals surface area contributed by atoms with E-state index in [1.807, 2.05) is 25.7 Å². The molecule has 2 N–H and O–H groups in total. The largest absolute Gasteiger partial charge is 0.341 e. The minimum atomic E-state index is -0.361. The molecule has 1 saturated heterocycles. The summed E-state index contributed by atoms with van der Waals surface area (Å²) >= 11 is 0. The Labute approximate surface area is 86.6 Å². The summed E-state index contributed by atoms with van der Waals surface area (Å²) in [4.78, 5) is 13.9. The van der Waals surface area contributed by atoms with Gasteiger partial charge in [0, 0.05) is 13.1 Å². The number of nitrogens with two attached hydrogens (primary N) is 1. The Hall–Kier alpha value is -0.570. The fraction of sp³-hybridized carbons (Fsp3) is 0.909. The molecule has 0 unspecified atom stereocenters. The highest BCUT2D eigenvalue weighted by molar-refractivity contribution is 5.82. The molecule has 1 rings (SSSR count). The topological polar surface area (TPSA) is 46.3 Å². The van der Waals surface area contributed by atoms with Crippen molar-refractivity contribution in [3.05, 3.63) is 0 Å². The van der Waals surface area contributed by atoms with Crippen LogP contribution in [0.5, 0.6) is 0 Å². The molecule has 1 aliphatic heterocycles. The molecule has 0 aliphatic carbocycles. The van der Waals surface area contributed by atoms with E-state index in [0.29, 0.717) is 0 Å². The van der Waals surface area contributed by atoms with Crippen LogP contribution in [-0.4, -0.2) is 29.9 Å². The third-order valence-corrected chi connectivity index (χ3v) is 2.87. The van der Waals surface area contributed by atoms with Gasteiger partial charge in [0.25, 0.3) is 0 Å². The van der Waals surface area contributed by atoms with Gasteiger partial charge in [0.1, 0.15) is 0 Å². The summed E-state index contributed by atoms with van der Waals surface area (Å²) in [5.41, 5.74) is 5.80. The lowest BCUT2D eigenvalue weighted by Gasteiger charge is -2.34. The SMILES string of the molecule is CC(C)(C)[C@H](N)C(=O)N1CCCCC1. The van der Waals surface area contributed by atoms with E-state index in [9.17, 15) is 4.79 Å². The Bertz CT molecular complexity index is 202. The monoisotopic (exact) mass is 198 g/mol. The summed E-state index contributed by atoms with van der Waals surface area (Å²) in [6.45, 7) is 7.82. The molecule has 14 heavy (non-hydrogen) atoms. The number of hydrogen-bond donors (Lipinski definition) is 1. The molecule has 1 fully saturated rings. The second-order valence-electron chi connectivity index (χ2n) is 5.23. The first-order chi connectivity index (χ1) is 6.43. The highest BCUT2D eigenvalue weighted by Crippen LogP contribution is 2.20. The summed E-state index contributed by atoms with van der Waals surface area (Å²) in [7, 11) is 0. The summed E-state index contributed by atoms with van der Waals surface area (Å²) in [6.07, 6.45) is 3.50. The molecule has 0 saturated carbocycles. The molecular weight excluding hydrogens is 176 g/mol. The minimum absolute atomic E-state index is 0.122. The van der Waals surface area contributed by atoms with Gasteiger partial charge in [-0.1, -0.05) is 20.8 Å². The second-order valence-corrected chi connectivity index (χ2v) is 5.23. The van der Waals surface area contributed by atoms with Crippen molar-refractivity contribution in [1.29, 1.82) is 0 Å². The molecule has 3 nitrogen and oxygen atoms in total. The van der Waals surface area contributed by atoms with E-state index < -0.39 is 0 Å². The number of likely N-dealkylation sites (tertiary alicyclic amines) is 1. The van der Waals surface area contributed by atoms with Crippen molar-refractivity contribution < 1.29 is 4.79 Å². The lowest BCUT2D eigenvalue weighted by Crippen LogP contribution is -2.51. The van der Waals surface area contributed by atoms with Gasteiger partial charge in [0.05, 0.1) is 6.04 Å². The van der Waals surface area contributed by atoms with Crippen molar-refractivity contribution in [2.24, 2.45) is 11.1 Å². The van der Waals surface area contributed by atoms with Gasteiger partial charge in [0.15, 0.2) is 0 Å². The molecule has 0 radical (unpaired) electrons. The van der Waals surface area contributed by atoms with Gasteiger partial charge < -0.3 is 10.6 Å². The summed E-state index contributed by atoms with van der Waals surface area (Å²) in [6, 6.07) is -0.361. The van der Waals surface area contributed by atoms with E-state index >= 15 is 0 Å². The fourth-order valence-corrected chi connectivity index (χ4v) is 1.68. The maximum atomic E-state index is 11.9. The Balaban J connectivity index is 2.55. The number of rotatable bonds is 1. The number of hydrogen-bond acceptors (Lipinski definition) is 2. The van der Waals surface area contributed by atoms with Crippen LogP contribution >= 0.6 is 0 Å². The Morgan fingerprint density at radius 3 is 2.14 bits per heavy atom. The zero-order valence-electron chi connectivity index (χ0n) is 9.55. The summed E-state index contributed by atoms with van der Waals surface area (Å²) in [5, 5.41) is 0. The first-order valence-corrected chi connectivity index (χ1v) is 5.47. The molecule has 0 aromatic carbocycles. The van der Waals surface area contributed by atoms with Crippen LogP contribution in [0.15, 0.2) is 0 Å². The van der Waals surface area contributed by atoms with E-state index in [1.54, 1.807) is 0 Å². The number of carbonyl (C=O) groups is 1. The Kier molecular flexibility index (Phi) is 3.53. The van der Waals surface area contributed by atoms with Crippen LogP contribution in [0, 0.1) is 5.41 Å². The van der Waals surface area contributed by atoms with Crippen molar-refractivity contribution in [2.75, 3.05) is 13.1 Å². The normalized spacial score (nSPS) is 20.7. The average molecular weight is 198 g/mol. The lowest BCUT2D eigenvalue weighted by molar-refractivity contribution is -0.135. The molecule has 3 heteroatoms. The molecule has 0 spiro atoms.